The zero-order chi connectivity index (χ0) is 18.7. The van der Waals surface area contributed by atoms with Crippen molar-refractivity contribution in [1.29, 1.82) is 0 Å². The summed E-state index contributed by atoms with van der Waals surface area (Å²) in [6.45, 7) is -0.435. The fourth-order valence-corrected chi connectivity index (χ4v) is 2.63. The lowest BCUT2D eigenvalue weighted by Crippen LogP contribution is -2.21. The predicted octanol–water partition coefficient (Wildman–Crippen LogP) is 4.17. The second-order valence-corrected chi connectivity index (χ2v) is 6.27. The van der Waals surface area contributed by atoms with Crippen molar-refractivity contribution in [2.45, 2.75) is 6.42 Å². The van der Waals surface area contributed by atoms with Gasteiger partial charge < -0.3 is 19.6 Å². The highest BCUT2D eigenvalue weighted by molar-refractivity contribution is 6.42. The summed E-state index contributed by atoms with van der Waals surface area (Å²) in [6.07, 6.45) is 1.36. The number of ether oxygens (including phenoxy) is 1. The minimum absolute atomic E-state index is 0.0577. The van der Waals surface area contributed by atoms with Gasteiger partial charge in [-0.1, -0.05) is 23.2 Å². The molecule has 2 N–H and O–H groups in total. The molecule has 0 spiro atoms. The molecule has 0 fully saturated rings. The van der Waals surface area contributed by atoms with E-state index in [0.29, 0.717) is 32.3 Å². The monoisotopic (exact) mass is 393 g/mol. The lowest BCUT2D eigenvalue weighted by Gasteiger charge is -2.07. The van der Waals surface area contributed by atoms with Crippen molar-refractivity contribution < 1.29 is 23.8 Å². The summed E-state index contributed by atoms with van der Waals surface area (Å²) in [5.74, 6) is -1.01. The van der Waals surface area contributed by atoms with Gasteiger partial charge in [0.1, 0.15) is 11.3 Å². The average Bonchev–Trinajstić information content (AvgIpc) is 2.98. The molecule has 0 saturated carbocycles. The van der Waals surface area contributed by atoms with Crippen molar-refractivity contribution >= 4 is 51.7 Å². The largest absolute Gasteiger partial charge is 0.508 e. The Kier molecular flexibility index (Phi) is 5.35. The van der Waals surface area contributed by atoms with Crippen LogP contribution >= 0.6 is 23.2 Å². The maximum absolute atomic E-state index is 11.9. The smallest absolute Gasteiger partial charge is 0.310 e. The Morgan fingerprint density at radius 1 is 1.12 bits per heavy atom. The van der Waals surface area contributed by atoms with Gasteiger partial charge in [-0.05, 0) is 30.3 Å². The third kappa shape index (κ3) is 4.28. The second-order valence-electron chi connectivity index (χ2n) is 5.46. The molecule has 8 heteroatoms. The van der Waals surface area contributed by atoms with Gasteiger partial charge >= 0.3 is 5.97 Å². The molecule has 1 amide bonds. The molecule has 0 aliphatic heterocycles. The van der Waals surface area contributed by atoms with Crippen LogP contribution in [-0.4, -0.2) is 23.6 Å². The Bertz CT molecular complexity index is 983. The Balaban J connectivity index is 1.54. The van der Waals surface area contributed by atoms with E-state index in [1.807, 2.05) is 0 Å². The van der Waals surface area contributed by atoms with E-state index in [2.05, 4.69) is 5.32 Å². The fourth-order valence-electron chi connectivity index (χ4n) is 2.33. The second kappa shape index (κ2) is 7.68. The minimum atomic E-state index is -0.579. The topological polar surface area (TPSA) is 88.8 Å². The third-order valence-corrected chi connectivity index (χ3v) is 4.28. The number of phenols is 1. The van der Waals surface area contributed by atoms with Crippen LogP contribution in [0.25, 0.3) is 11.0 Å². The molecule has 6 nitrogen and oxygen atoms in total. The first-order chi connectivity index (χ1) is 12.4. The number of phenolic OH excluding ortho intramolecular Hbond substituents is 1. The number of aromatic hydroxyl groups is 1. The van der Waals surface area contributed by atoms with Gasteiger partial charge in [-0.2, -0.15) is 0 Å². The van der Waals surface area contributed by atoms with Crippen LogP contribution < -0.4 is 5.32 Å². The SMILES string of the molecule is O=C(COC(=O)Cc1coc2cc(O)ccc12)Nc1ccc(Cl)c(Cl)c1. The van der Waals surface area contributed by atoms with Gasteiger partial charge in [0.05, 0.1) is 22.7 Å². The van der Waals surface area contributed by atoms with E-state index < -0.39 is 18.5 Å². The van der Waals surface area contributed by atoms with E-state index in [1.165, 1.54) is 24.5 Å². The number of fused-ring (bicyclic) bond motifs is 1. The number of furan rings is 1. The fraction of sp³-hybridized carbons (Fsp3) is 0.111. The van der Waals surface area contributed by atoms with Crippen LogP contribution in [0.2, 0.25) is 10.0 Å². The highest BCUT2D eigenvalue weighted by Crippen LogP contribution is 2.26. The minimum Gasteiger partial charge on any atom is -0.508 e. The molecule has 3 aromatic rings. The van der Waals surface area contributed by atoms with Crippen molar-refractivity contribution in [2.75, 3.05) is 11.9 Å². The summed E-state index contributed by atoms with van der Waals surface area (Å²) in [6, 6.07) is 9.23. The van der Waals surface area contributed by atoms with E-state index in [-0.39, 0.29) is 12.2 Å². The first-order valence-corrected chi connectivity index (χ1v) is 8.27. The quantitative estimate of drug-likeness (QED) is 0.634. The molecule has 1 heterocycles. The number of rotatable bonds is 5. The molecular weight excluding hydrogens is 381 g/mol. The standard InChI is InChI=1S/C18H13Cl2NO5/c19-14-4-1-11(6-15(14)20)21-17(23)9-26-18(24)5-10-8-25-16-7-12(22)2-3-13(10)16/h1-4,6-8,22H,5,9H2,(H,21,23). The van der Waals surface area contributed by atoms with Gasteiger partial charge in [-0.3, -0.25) is 9.59 Å². The van der Waals surface area contributed by atoms with Crippen molar-refractivity contribution in [1.82, 2.24) is 0 Å². The number of anilines is 1. The van der Waals surface area contributed by atoms with Crippen LogP contribution in [0, 0.1) is 0 Å². The average molecular weight is 394 g/mol. The number of halogens is 2. The normalized spacial score (nSPS) is 10.7. The van der Waals surface area contributed by atoms with Gasteiger partial charge in [0, 0.05) is 22.7 Å². The van der Waals surface area contributed by atoms with E-state index in [0.717, 1.165) is 0 Å². The van der Waals surface area contributed by atoms with Crippen molar-refractivity contribution in [3.05, 3.63) is 58.3 Å². The third-order valence-electron chi connectivity index (χ3n) is 3.54. The van der Waals surface area contributed by atoms with Crippen LogP contribution in [-0.2, 0) is 20.7 Å². The zero-order valence-corrected chi connectivity index (χ0v) is 14.8. The van der Waals surface area contributed by atoms with E-state index in [1.54, 1.807) is 18.2 Å². The summed E-state index contributed by atoms with van der Waals surface area (Å²) in [4.78, 5) is 23.8. The zero-order valence-electron chi connectivity index (χ0n) is 13.3. The predicted molar refractivity (Wildman–Crippen MR) is 97.6 cm³/mol. The number of nitrogens with one attached hydrogen (secondary N) is 1. The number of hydrogen-bond donors (Lipinski definition) is 2. The van der Waals surface area contributed by atoms with Crippen molar-refractivity contribution in [3.8, 4) is 5.75 Å². The molecule has 0 saturated heterocycles. The number of hydrogen-bond acceptors (Lipinski definition) is 5. The van der Waals surface area contributed by atoms with Crippen LogP contribution in [0.3, 0.4) is 0 Å². The van der Waals surface area contributed by atoms with Gasteiger partial charge in [0.25, 0.3) is 5.91 Å². The molecule has 0 aliphatic carbocycles. The van der Waals surface area contributed by atoms with E-state index >= 15 is 0 Å². The summed E-state index contributed by atoms with van der Waals surface area (Å²) < 4.78 is 10.3. The van der Waals surface area contributed by atoms with Gasteiger partial charge in [-0.15, -0.1) is 0 Å². The molecular formula is C18H13Cl2NO5. The Labute approximate surface area is 158 Å². The van der Waals surface area contributed by atoms with Crippen LogP contribution in [0.4, 0.5) is 5.69 Å². The van der Waals surface area contributed by atoms with E-state index in [9.17, 15) is 14.7 Å². The maximum Gasteiger partial charge on any atom is 0.310 e. The molecule has 0 atom stereocenters. The van der Waals surface area contributed by atoms with Crippen LogP contribution in [0.15, 0.2) is 47.1 Å². The highest BCUT2D eigenvalue weighted by atomic mass is 35.5. The maximum atomic E-state index is 11.9. The highest BCUT2D eigenvalue weighted by Gasteiger charge is 2.14. The molecule has 0 bridgehead atoms. The first-order valence-electron chi connectivity index (χ1n) is 7.52. The van der Waals surface area contributed by atoms with Gasteiger partial charge in [-0.25, -0.2) is 0 Å². The lowest BCUT2D eigenvalue weighted by atomic mass is 10.1. The molecule has 0 aliphatic rings. The van der Waals surface area contributed by atoms with E-state index in [4.69, 9.17) is 32.4 Å². The van der Waals surface area contributed by atoms with Crippen LogP contribution in [0.1, 0.15) is 5.56 Å². The Morgan fingerprint density at radius 3 is 2.69 bits per heavy atom. The summed E-state index contributed by atoms with van der Waals surface area (Å²) >= 11 is 11.7. The Morgan fingerprint density at radius 2 is 1.92 bits per heavy atom. The summed E-state index contributed by atoms with van der Waals surface area (Å²) in [5, 5.41) is 13.3. The van der Waals surface area contributed by atoms with Crippen molar-refractivity contribution in [2.24, 2.45) is 0 Å². The van der Waals surface area contributed by atoms with Gasteiger partial charge in [0.2, 0.25) is 0 Å². The Hall–Kier alpha value is -2.70. The molecule has 0 unspecified atom stereocenters. The molecule has 0 radical (unpaired) electrons. The number of benzene rings is 2. The molecule has 3 rings (SSSR count). The summed E-state index contributed by atoms with van der Waals surface area (Å²) in [7, 11) is 0. The van der Waals surface area contributed by atoms with Crippen molar-refractivity contribution in [3.63, 3.8) is 0 Å². The first kappa shape index (κ1) is 18.1. The number of esters is 1. The lowest BCUT2D eigenvalue weighted by molar-refractivity contribution is -0.146. The number of carbonyl (C=O) groups is 2. The number of carbonyl (C=O) groups excluding carboxylic acids is 2. The van der Waals surface area contributed by atoms with Crippen LogP contribution in [0.5, 0.6) is 5.75 Å². The molecule has 134 valence electrons. The molecule has 1 aromatic heterocycles. The summed E-state index contributed by atoms with van der Waals surface area (Å²) in [5.41, 5.74) is 1.51. The van der Waals surface area contributed by atoms with Gasteiger partial charge in [0.15, 0.2) is 6.61 Å². The molecule has 26 heavy (non-hydrogen) atoms. The molecule has 2 aromatic carbocycles. The number of amides is 1.